The van der Waals surface area contributed by atoms with Gasteiger partial charge in [0, 0.05) is 0 Å². The molecule has 0 amide bonds. The fourth-order valence-corrected chi connectivity index (χ4v) is 4.81. The minimum absolute atomic E-state index is 0.935. The van der Waals surface area contributed by atoms with Crippen molar-refractivity contribution in [3.05, 3.63) is 0 Å². The van der Waals surface area contributed by atoms with E-state index in [0.717, 1.165) is 13.2 Å². The van der Waals surface area contributed by atoms with E-state index in [-0.39, 0.29) is 0 Å². The average Bonchev–Trinajstić information content (AvgIpc) is 2.56. The van der Waals surface area contributed by atoms with Crippen LogP contribution in [0.15, 0.2) is 0 Å². The minimum atomic E-state index is 0.935. The zero-order valence-electron chi connectivity index (χ0n) is 18.6. The first-order valence-corrected chi connectivity index (χ1v) is 11.3. The molecule has 0 spiro atoms. The monoisotopic (exact) mass is 358 g/mol. The van der Waals surface area contributed by atoms with Gasteiger partial charge in [-0.2, -0.15) is 0 Å². The molecule has 0 unspecified atom stereocenters. The maximum absolute atomic E-state index is 6.19. The van der Waals surface area contributed by atoms with Gasteiger partial charge in [-0.15, -0.1) is 0 Å². The zero-order valence-corrected chi connectivity index (χ0v) is 18.6. The highest BCUT2D eigenvalue weighted by molar-refractivity contribution is 4.48. The van der Waals surface area contributed by atoms with Gasteiger partial charge < -0.3 is 13.7 Å². The van der Waals surface area contributed by atoms with Crippen molar-refractivity contribution in [1.29, 1.82) is 0 Å². The van der Waals surface area contributed by atoms with Crippen molar-refractivity contribution >= 4 is 0 Å². The summed E-state index contributed by atoms with van der Waals surface area (Å²) in [5.41, 5.74) is 0. The summed E-state index contributed by atoms with van der Waals surface area (Å²) in [5, 5.41) is 0. The van der Waals surface area contributed by atoms with E-state index in [9.17, 15) is 0 Å². The van der Waals surface area contributed by atoms with Gasteiger partial charge in [-0.1, -0.05) is 41.5 Å². The maximum atomic E-state index is 6.19. The second-order valence-corrected chi connectivity index (χ2v) is 8.08. The number of rotatable bonds is 18. The predicted molar refractivity (Wildman–Crippen MR) is 112 cm³/mol. The highest BCUT2D eigenvalue weighted by atomic mass is 16.5. The molecule has 3 nitrogen and oxygen atoms in total. The molecule has 3 heteroatoms. The van der Waals surface area contributed by atoms with Crippen LogP contribution in [0.1, 0.15) is 80.1 Å². The summed E-state index contributed by atoms with van der Waals surface area (Å²) < 4.78 is 8.72. The van der Waals surface area contributed by atoms with Crippen molar-refractivity contribution in [2.75, 3.05) is 65.6 Å². The van der Waals surface area contributed by atoms with Crippen LogP contribution in [-0.2, 0) is 4.74 Å². The van der Waals surface area contributed by atoms with Gasteiger partial charge >= 0.3 is 0 Å². The molecule has 0 atom stereocenters. The summed E-state index contributed by atoms with van der Waals surface area (Å²) in [4.78, 5) is 0. The number of nitrogens with zero attached hydrogens (tertiary/aromatic N) is 2. The van der Waals surface area contributed by atoms with Crippen LogP contribution in [0.5, 0.6) is 0 Å². The molecular formula is C22H50N2O+2. The summed E-state index contributed by atoms with van der Waals surface area (Å²) in [6, 6.07) is 0. The zero-order chi connectivity index (χ0) is 19.0. The van der Waals surface area contributed by atoms with E-state index >= 15 is 0 Å². The molecule has 0 bridgehead atoms. The third-order valence-electron chi connectivity index (χ3n) is 5.61. The van der Waals surface area contributed by atoms with Crippen LogP contribution in [0.2, 0.25) is 0 Å². The predicted octanol–water partition coefficient (Wildman–Crippen LogP) is 5.10. The van der Waals surface area contributed by atoms with Gasteiger partial charge in [0.05, 0.1) is 52.5 Å². The Bertz CT molecular complexity index is 232. The first-order valence-electron chi connectivity index (χ1n) is 11.3. The molecule has 152 valence electrons. The summed E-state index contributed by atoms with van der Waals surface area (Å²) in [6.45, 7) is 26.1. The van der Waals surface area contributed by atoms with Crippen molar-refractivity contribution in [1.82, 2.24) is 0 Å². The fraction of sp³-hybridized carbons (Fsp3) is 1.00. The quantitative estimate of drug-likeness (QED) is 0.245. The number of hydrogen-bond acceptors (Lipinski definition) is 1. The van der Waals surface area contributed by atoms with E-state index in [0.29, 0.717) is 0 Å². The normalized spacial score (nSPS) is 12.7. The third-order valence-corrected chi connectivity index (χ3v) is 5.61. The highest BCUT2D eigenvalue weighted by Gasteiger charge is 2.26. The summed E-state index contributed by atoms with van der Waals surface area (Å²) in [7, 11) is 0. The molecule has 0 aliphatic heterocycles. The highest BCUT2D eigenvalue weighted by Crippen LogP contribution is 2.13. The molecule has 0 aliphatic rings. The van der Waals surface area contributed by atoms with Crippen molar-refractivity contribution < 1.29 is 13.7 Å². The van der Waals surface area contributed by atoms with E-state index < -0.39 is 0 Å². The molecule has 0 fully saturated rings. The Morgan fingerprint density at radius 1 is 0.400 bits per heavy atom. The third kappa shape index (κ3) is 9.96. The molecule has 0 heterocycles. The molecular weight excluding hydrogens is 308 g/mol. The lowest BCUT2D eigenvalue weighted by atomic mass is 10.2. The van der Waals surface area contributed by atoms with Crippen molar-refractivity contribution in [2.24, 2.45) is 0 Å². The molecule has 0 rings (SSSR count). The van der Waals surface area contributed by atoms with Gasteiger partial charge in [-0.25, -0.2) is 0 Å². The standard InChI is InChI=1S/C22H50N2O/c1-7-13-23(14-8-2,15-9-3)19-21-25-22-20-24(16-10-4,17-11-5)18-12-6/h7-22H2,1-6H3/q+2. The van der Waals surface area contributed by atoms with Crippen LogP contribution in [0.25, 0.3) is 0 Å². The lowest BCUT2D eigenvalue weighted by Crippen LogP contribution is -2.53. The summed E-state index contributed by atoms with van der Waals surface area (Å²) >= 11 is 0. The van der Waals surface area contributed by atoms with Crippen molar-refractivity contribution in [3.63, 3.8) is 0 Å². The molecule has 0 N–H and O–H groups in total. The van der Waals surface area contributed by atoms with Crippen molar-refractivity contribution in [3.8, 4) is 0 Å². The Morgan fingerprint density at radius 2 is 0.640 bits per heavy atom. The summed E-state index contributed by atoms with van der Waals surface area (Å²) in [5.74, 6) is 0. The number of hydrogen-bond donors (Lipinski definition) is 0. The second kappa shape index (κ2) is 15.0. The van der Waals surface area contributed by atoms with Crippen LogP contribution < -0.4 is 0 Å². The van der Waals surface area contributed by atoms with Crippen LogP contribution in [0.3, 0.4) is 0 Å². The molecule has 0 aromatic heterocycles. The van der Waals surface area contributed by atoms with Crippen LogP contribution >= 0.6 is 0 Å². The van der Waals surface area contributed by atoms with E-state index in [4.69, 9.17) is 4.74 Å². The Kier molecular flexibility index (Phi) is 14.9. The molecule has 0 aromatic carbocycles. The molecule has 0 radical (unpaired) electrons. The van der Waals surface area contributed by atoms with Gasteiger partial charge in [-0.05, 0) is 38.5 Å². The Morgan fingerprint density at radius 3 is 0.840 bits per heavy atom. The van der Waals surface area contributed by atoms with Gasteiger partial charge in [0.2, 0.25) is 0 Å². The molecule has 0 aliphatic carbocycles. The summed E-state index contributed by atoms with van der Waals surface area (Å²) in [6.07, 6.45) is 7.69. The van der Waals surface area contributed by atoms with Gasteiger partial charge in [-0.3, -0.25) is 0 Å². The smallest absolute Gasteiger partial charge is 0.102 e. The fourth-order valence-electron chi connectivity index (χ4n) is 4.81. The first-order chi connectivity index (χ1) is 12.1. The average molecular weight is 359 g/mol. The first kappa shape index (κ1) is 24.9. The van der Waals surface area contributed by atoms with Crippen molar-refractivity contribution in [2.45, 2.75) is 80.1 Å². The number of quaternary nitrogens is 2. The second-order valence-electron chi connectivity index (χ2n) is 8.08. The molecule has 25 heavy (non-hydrogen) atoms. The van der Waals surface area contributed by atoms with Crippen LogP contribution in [0, 0.1) is 0 Å². The maximum Gasteiger partial charge on any atom is 0.102 e. The van der Waals surface area contributed by atoms with E-state index in [2.05, 4.69) is 41.5 Å². The molecule has 0 saturated carbocycles. The molecule has 0 saturated heterocycles. The topological polar surface area (TPSA) is 9.23 Å². The lowest BCUT2D eigenvalue weighted by molar-refractivity contribution is -0.931. The van der Waals surface area contributed by atoms with Gasteiger partial charge in [0.25, 0.3) is 0 Å². The SMILES string of the molecule is CCC[N+](CCC)(CCC)CCOCC[N+](CCC)(CCC)CCC. The van der Waals surface area contributed by atoms with Crippen LogP contribution in [0.4, 0.5) is 0 Å². The van der Waals surface area contributed by atoms with E-state index in [1.165, 1.54) is 99.8 Å². The Balaban J connectivity index is 4.49. The number of ether oxygens (including phenoxy) is 1. The largest absolute Gasteiger partial charge is 0.370 e. The Labute approximate surface area is 159 Å². The van der Waals surface area contributed by atoms with Gasteiger partial charge in [0.1, 0.15) is 13.1 Å². The van der Waals surface area contributed by atoms with Gasteiger partial charge in [0.15, 0.2) is 0 Å². The molecule has 0 aromatic rings. The van der Waals surface area contributed by atoms with E-state index in [1.54, 1.807) is 0 Å². The van der Waals surface area contributed by atoms with Crippen LogP contribution in [-0.4, -0.2) is 74.5 Å². The Hall–Kier alpha value is -0.120. The lowest BCUT2D eigenvalue weighted by Gasteiger charge is -2.39. The van der Waals surface area contributed by atoms with E-state index in [1.807, 2.05) is 0 Å². The minimum Gasteiger partial charge on any atom is -0.370 e.